The van der Waals surface area contributed by atoms with Crippen molar-refractivity contribution in [3.05, 3.63) is 53.6 Å². The molecule has 2 N–H and O–H groups in total. The number of carbonyl (C=O) groups excluding carboxylic acids is 1. The fraction of sp³-hybridized carbons (Fsp3) is 0.235. The number of nitrogens with one attached hydrogen (secondary N) is 2. The van der Waals surface area contributed by atoms with Crippen LogP contribution in [-0.2, 0) is 10.0 Å². The topological polar surface area (TPSA) is 84.5 Å². The van der Waals surface area contributed by atoms with Crippen LogP contribution in [0.2, 0.25) is 0 Å². The highest BCUT2D eigenvalue weighted by Gasteiger charge is 2.22. The van der Waals surface area contributed by atoms with Gasteiger partial charge in [-0.15, -0.1) is 0 Å². The summed E-state index contributed by atoms with van der Waals surface area (Å²) < 4.78 is 58.7. The Morgan fingerprint density at radius 1 is 1.08 bits per heavy atom. The third-order valence-corrected chi connectivity index (χ3v) is 4.91. The molecule has 9 heteroatoms. The zero-order valence-corrected chi connectivity index (χ0v) is 15.2. The van der Waals surface area contributed by atoms with E-state index < -0.39 is 27.6 Å². The van der Waals surface area contributed by atoms with E-state index in [1.165, 1.54) is 19.2 Å². The zero-order chi connectivity index (χ0) is 19.5. The Labute approximate surface area is 150 Å². The van der Waals surface area contributed by atoms with Crippen LogP contribution >= 0.6 is 0 Å². The molecule has 0 radical (unpaired) electrons. The van der Waals surface area contributed by atoms with Crippen molar-refractivity contribution in [2.75, 3.05) is 12.4 Å². The molecule has 0 aromatic heterocycles. The van der Waals surface area contributed by atoms with E-state index in [2.05, 4.69) is 10.0 Å². The molecule has 1 amide bonds. The van der Waals surface area contributed by atoms with Gasteiger partial charge in [0.2, 0.25) is 10.0 Å². The molecule has 6 nitrogen and oxygen atoms in total. The quantitative estimate of drug-likeness (QED) is 0.802. The lowest BCUT2D eigenvalue weighted by molar-refractivity contribution is 0.102. The van der Waals surface area contributed by atoms with Gasteiger partial charge in [0.1, 0.15) is 22.3 Å². The van der Waals surface area contributed by atoms with E-state index in [0.717, 1.165) is 18.2 Å². The summed E-state index contributed by atoms with van der Waals surface area (Å²) in [6.07, 6.45) is 0. The molecule has 0 aliphatic rings. The third kappa shape index (κ3) is 4.77. The zero-order valence-electron chi connectivity index (χ0n) is 14.3. The van der Waals surface area contributed by atoms with Crippen molar-refractivity contribution in [2.45, 2.75) is 24.8 Å². The van der Waals surface area contributed by atoms with Crippen LogP contribution in [0.25, 0.3) is 0 Å². The van der Waals surface area contributed by atoms with Crippen LogP contribution in [0, 0.1) is 11.6 Å². The van der Waals surface area contributed by atoms with E-state index in [-0.39, 0.29) is 27.9 Å². The first-order chi connectivity index (χ1) is 12.1. The number of rotatable bonds is 6. The highest BCUT2D eigenvalue weighted by Crippen LogP contribution is 2.25. The van der Waals surface area contributed by atoms with Gasteiger partial charge in [-0.25, -0.2) is 21.9 Å². The molecule has 0 bridgehead atoms. The van der Waals surface area contributed by atoms with Crippen LogP contribution in [0.5, 0.6) is 5.75 Å². The molecule has 0 aliphatic carbocycles. The fourth-order valence-electron chi connectivity index (χ4n) is 2.23. The van der Waals surface area contributed by atoms with Crippen molar-refractivity contribution in [3.63, 3.8) is 0 Å². The summed E-state index contributed by atoms with van der Waals surface area (Å²) in [5.74, 6) is -2.36. The molecule has 2 rings (SSSR count). The second-order valence-electron chi connectivity index (χ2n) is 5.75. The van der Waals surface area contributed by atoms with E-state index in [1.54, 1.807) is 13.8 Å². The number of hydrogen-bond donors (Lipinski definition) is 2. The Balaban J connectivity index is 2.38. The molecule has 0 aliphatic heterocycles. The molecule has 2 aromatic carbocycles. The summed E-state index contributed by atoms with van der Waals surface area (Å²) in [5, 5.41) is 2.32. The van der Waals surface area contributed by atoms with E-state index in [0.29, 0.717) is 6.07 Å². The minimum atomic E-state index is -3.92. The predicted molar refractivity (Wildman–Crippen MR) is 92.8 cm³/mol. The summed E-state index contributed by atoms with van der Waals surface area (Å²) in [7, 11) is -2.62. The van der Waals surface area contributed by atoms with Gasteiger partial charge in [-0.1, -0.05) is 0 Å². The van der Waals surface area contributed by atoms with Gasteiger partial charge in [-0.2, -0.15) is 0 Å². The summed E-state index contributed by atoms with van der Waals surface area (Å²) >= 11 is 0. The molecular formula is C17H18F2N2O4S. The average molecular weight is 384 g/mol. The van der Waals surface area contributed by atoms with Crippen LogP contribution in [0.4, 0.5) is 14.5 Å². The smallest absolute Gasteiger partial charge is 0.255 e. The molecule has 0 atom stereocenters. The Kier molecular flexibility index (Phi) is 5.94. The van der Waals surface area contributed by atoms with Gasteiger partial charge in [0.25, 0.3) is 5.91 Å². The highest BCUT2D eigenvalue weighted by atomic mass is 32.2. The minimum absolute atomic E-state index is 0.0143. The summed E-state index contributed by atoms with van der Waals surface area (Å²) in [6, 6.07) is 6.01. The van der Waals surface area contributed by atoms with Crippen LogP contribution < -0.4 is 14.8 Å². The van der Waals surface area contributed by atoms with E-state index >= 15 is 0 Å². The fourth-order valence-corrected chi connectivity index (χ4v) is 3.68. The van der Waals surface area contributed by atoms with Crippen molar-refractivity contribution >= 4 is 21.6 Å². The lowest BCUT2D eigenvalue weighted by Crippen LogP contribution is -2.30. The first-order valence-corrected chi connectivity index (χ1v) is 9.08. The summed E-state index contributed by atoms with van der Waals surface area (Å²) in [4.78, 5) is 12.1. The van der Waals surface area contributed by atoms with Gasteiger partial charge in [0.05, 0.1) is 7.11 Å². The number of benzene rings is 2. The van der Waals surface area contributed by atoms with Gasteiger partial charge in [-0.05, 0) is 44.2 Å². The van der Waals surface area contributed by atoms with Crippen molar-refractivity contribution in [2.24, 2.45) is 0 Å². The first-order valence-electron chi connectivity index (χ1n) is 7.60. The molecule has 0 saturated heterocycles. The van der Waals surface area contributed by atoms with Gasteiger partial charge in [0, 0.05) is 23.4 Å². The number of carbonyl (C=O) groups is 1. The van der Waals surface area contributed by atoms with Crippen molar-refractivity contribution in [1.29, 1.82) is 0 Å². The number of sulfonamides is 1. The second-order valence-corrected chi connectivity index (χ2v) is 7.44. The maximum atomic E-state index is 13.2. The number of hydrogen-bond acceptors (Lipinski definition) is 4. The highest BCUT2D eigenvalue weighted by molar-refractivity contribution is 7.89. The van der Waals surface area contributed by atoms with E-state index in [1.807, 2.05) is 0 Å². The number of methoxy groups -OCH3 is 1. The number of halogens is 2. The van der Waals surface area contributed by atoms with Gasteiger partial charge < -0.3 is 10.1 Å². The molecular weight excluding hydrogens is 366 g/mol. The number of amides is 1. The molecule has 0 heterocycles. The molecule has 0 unspecified atom stereocenters. The van der Waals surface area contributed by atoms with Crippen molar-refractivity contribution in [1.82, 2.24) is 4.72 Å². The molecule has 0 saturated carbocycles. The Morgan fingerprint density at radius 2 is 1.69 bits per heavy atom. The number of anilines is 1. The van der Waals surface area contributed by atoms with E-state index in [4.69, 9.17) is 4.74 Å². The van der Waals surface area contributed by atoms with Gasteiger partial charge in [-0.3, -0.25) is 4.79 Å². The maximum Gasteiger partial charge on any atom is 0.255 e. The molecule has 26 heavy (non-hydrogen) atoms. The van der Waals surface area contributed by atoms with E-state index in [9.17, 15) is 22.0 Å². The Morgan fingerprint density at radius 3 is 2.23 bits per heavy atom. The monoisotopic (exact) mass is 384 g/mol. The lowest BCUT2D eigenvalue weighted by atomic mass is 10.2. The Hall–Kier alpha value is -2.52. The van der Waals surface area contributed by atoms with Crippen LogP contribution in [-0.4, -0.2) is 27.5 Å². The largest absolute Gasteiger partial charge is 0.495 e. The van der Waals surface area contributed by atoms with Crippen LogP contribution in [0.15, 0.2) is 41.3 Å². The van der Waals surface area contributed by atoms with Crippen molar-refractivity contribution < 1.29 is 26.7 Å². The van der Waals surface area contributed by atoms with Crippen LogP contribution in [0.1, 0.15) is 24.2 Å². The normalized spacial score (nSPS) is 11.5. The summed E-state index contributed by atoms with van der Waals surface area (Å²) in [6.45, 7) is 3.30. The molecule has 0 fully saturated rings. The predicted octanol–water partition coefficient (Wildman–Crippen LogP) is 2.91. The average Bonchev–Trinajstić information content (AvgIpc) is 2.52. The Bertz CT molecular complexity index is 910. The summed E-state index contributed by atoms with van der Waals surface area (Å²) in [5.41, 5.74) is -0.104. The minimum Gasteiger partial charge on any atom is -0.495 e. The SMILES string of the molecule is COc1ccc(C(=O)Nc2cc(F)cc(F)c2)cc1S(=O)(=O)NC(C)C. The number of ether oxygens (including phenoxy) is 1. The van der Waals surface area contributed by atoms with Crippen molar-refractivity contribution in [3.8, 4) is 5.75 Å². The lowest BCUT2D eigenvalue weighted by Gasteiger charge is -2.14. The van der Waals surface area contributed by atoms with Gasteiger partial charge >= 0.3 is 0 Å². The second kappa shape index (κ2) is 7.79. The third-order valence-electron chi connectivity index (χ3n) is 3.23. The molecule has 140 valence electrons. The standard InChI is InChI=1S/C17H18F2N2O4S/c1-10(2)21-26(23,24)16-6-11(4-5-15(16)25-3)17(22)20-14-8-12(18)7-13(19)9-14/h4-10,21H,1-3H3,(H,20,22). The molecule has 2 aromatic rings. The molecule has 0 spiro atoms. The van der Waals surface area contributed by atoms with Crippen LogP contribution in [0.3, 0.4) is 0 Å². The van der Waals surface area contributed by atoms with Gasteiger partial charge in [0.15, 0.2) is 0 Å². The first kappa shape index (κ1) is 19.8. The maximum absolute atomic E-state index is 13.2.